The van der Waals surface area contributed by atoms with E-state index in [9.17, 15) is 4.39 Å². The number of hydrogen-bond donors (Lipinski definition) is 0. The Morgan fingerprint density at radius 1 is 0.963 bits per heavy atom. The summed E-state index contributed by atoms with van der Waals surface area (Å²) in [5.41, 5.74) is 2.62. The second kappa shape index (κ2) is 6.02. The van der Waals surface area contributed by atoms with Crippen LogP contribution in [0.5, 0.6) is 0 Å². The van der Waals surface area contributed by atoms with Gasteiger partial charge in [-0.05, 0) is 30.3 Å². The fraction of sp³-hybridized carbons (Fsp3) is 0. The van der Waals surface area contributed by atoms with E-state index in [4.69, 9.17) is 12.8 Å². The molecular formula is C21H12BFN4. The van der Waals surface area contributed by atoms with Gasteiger partial charge in [0, 0.05) is 29.4 Å². The Morgan fingerprint density at radius 3 is 2.74 bits per heavy atom. The Labute approximate surface area is 155 Å². The zero-order chi connectivity index (χ0) is 18.4. The molecule has 3 aromatic heterocycles. The third kappa shape index (κ3) is 2.57. The molecule has 0 saturated heterocycles. The normalized spacial score (nSPS) is 11.3. The molecule has 0 atom stereocenters. The lowest BCUT2D eigenvalue weighted by atomic mass is 9.95. The molecule has 2 radical (unpaired) electrons. The first kappa shape index (κ1) is 15.7. The summed E-state index contributed by atoms with van der Waals surface area (Å²) in [4.78, 5) is 13.4. The monoisotopic (exact) mass is 350 g/mol. The molecule has 2 aromatic carbocycles. The third-order valence-electron chi connectivity index (χ3n) is 4.53. The van der Waals surface area contributed by atoms with Gasteiger partial charge in [-0.2, -0.15) is 0 Å². The quantitative estimate of drug-likeness (QED) is 0.457. The standard InChI is InChI=1S/C21H12BFN4/c22-14-5-6-18-16(11-14)21(27-10-8-13-12-24-9-7-19(13)27)26-20(25-18)15-3-1-2-4-17(15)23/h1-12H. The number of rotatable bonds is 2. The van der Waals surface area contributed by atoms with Gasteiger partial charge in [0.25, 0.3) is 0 Å². The van der Waals surface area contributed by atoms with Crippen molar-refractivity contribution in [1.82, 2.24) is 19.5 Å². The molecule has 0 saturated carbocycles. The lowest BCUT2D eigenvalue weighted by Gasteiger charge is -2.12. The van der Waals surface area contributed by atoms with Crippen LogP contribution in [0.4, 0.5) is 4.39 Å². The van der Waals surface area contributed by atoms with Gasteiger partial charge < -0.3 is 4.57 Å². The molecule has 0 spiro atoms. The van der Waals surface area contributed by atoms with Crippen molar-refractivity contribution in [3.05, 3.63) is 79.0 Å². The summed E-state index contributed by atoms with van der Waals surface area (Å²) in [6.07, 6.45) is 5.44. The van der Waals surface area contributed by atoms with Crippen molar-refractivity contribution >= 4 is 35.1 Å². The average molecular weight is 350 g/mol. The SMILES string of the molecule is [B]c1ccc2nc(-c3ccccc3F)nc(-n3ccc4cnccc43)c2c1. The molecule has 0 aliphatic heterocycles. The van der Waals surface area contributed by atoms with E-state index in [1.54, 1.807) is 36.7 Å². The predicted octanol–water partition coefficient (Wildman–Crippen LogP) is 3.57. The Hall–Kier alpha value is -3.54. The zero-order valence-corrected chi connectivity index (χ0v) is 14.2. The van der Waals surface area contributed by atoms with Crippen LogP contribution in [0.25, 0.3) is 39.0 Å². The highest BCUT2D eigenvalue weighted by Crippen LogP contribution is 2.27. The summed E-state index contributed by atoms with van der Waals surface area (Å²) >= 11 is 0. The van der Waals surface area contributed by atoms with E-state index in [0.29, 0.717) is 28.2 Å². The summed E-state index contributed by atoms with van der Waals surface area (Å²) in [7, 11) is 6.00. The van der Waals surface area contributed by atoms with Crippen molar-refractivity contribution in [2.24, 2.45) is 0 Å². The number of halogens is 1. The van der Waals surface area contributed by atoms with Gasteiger partial charge >= 0.3 is 0 Å². The summed E-state index contributed by atoms with van der Waals surface area (Å²) in [6.45, 7) is 0. The van der Waals surface area contributed by atoms with E-state index in [2.05, 4.69) is 9.97 Å². The smallest absolute Gasteiger partial charge is 0.165 e. The van der Waals surface area contributed by atoms with Crippen LogP contribution in [0.2, 0.25) is 0 Å². The molecular weight excluding hydrogens is 338 g/mol. The molecule has 27 heavy (non-hydrogen) atoms. The second-order valence-electron chi connectivity index (χ2n) is 6.25. The molecule has 0 fully saturated rings. The minimum Gasteiger partial charge on any atom is -0.300 e. The summed E-state index contributed by atoms with van der Waals surface area (Å²) in [6, 6.07) is 15.8. The van der Waals surface area contributed by atoms with Crippen LogP contribution in [-0.2, 0) is 0 Å². The Balaban J connectivity index is 1.87. The zero-order valence-electron chi connectivity index (χ0n) is 14.2. The van der Waals surface area contributed by atoms with Crippen LogP contribution in [0.15, 0.2) is 73.2 Å². The van der Waals surface area contributed by atoms with Crippen LogP contribution < -0.4 is 5.46 Å². The number of hydrogen-bond acceptors (Lipinski definition) is 3. The maximum absolute atomic E-state index is 14.4. The van der Waals surface area contributed by atoms with Crippen LogP contribution in [0.1, 0.15) is 0 Å². The number of pyridine rings is 1. The van der Waals surface area contributed by atoms with Gasteiger partial charge in [0.05, 0.1) is 16.6 Å². The third-order valence-corrected chi connectivity index (χ3v) is 4.53. The molecule has 126 valence electrons. The van der Waals surface area contributed by atoms with Crippen molar-refractivity contribution in [1.29, 1.82) is 0 Å². The van der Waals surface area contributed by atoms with Crippen molar-refractivity contribution in [3.63, 3.8) is 0 Å². The summed E-state index contributed by atoms with van der Waals surface area (Å²) in [5, 5.41) is 1.78. The maximum Gasteiger partial charge on any atom is 0.165 e. The molecule has 6 heteroatoms. The van der Waals surface area contributed by atoms with E-state index < -0.39 is 0 Å². The molecule has 0 N–H and O–H groups in total. The first-order valence-electron chi connectivity index (χ1n) is 8.44. The van der Waals surface area contributed by atoms with Crippen LogP contribution >= 0.6 is 0 Å². The maximum atomic E-state index is 14.4. The lowest BCUT2D eigenvalue weighted by Crippen LogP contribution is -2.06. The van der Waals surface area contributed by atoms with Crippen molar-refractivity contribution in [3.8, 4) is 17.2 Å². The highest BCUT2D eigenvalue weighted by molar-refractivity contribution is 6.33. The fourth-order valence-corrected chi connectivity index (χ4v) is 3.24. The van der Waals surface area contributed by atoms with Gasteiger partial charge in [0.2, 0.25) is 0 Å². The van der Waals surface area contributed by atoms with Gasteiger partial charge in [-0.25, -0.2) is 14.4 Å². The van der Waals surface area contributed by atoms with Crippen LogP contribution in [0.3, 0.4) is 0 Å². The Morgan fingerprint density at radius 2 is 1.85 bits per heavy atom. The van der Waals surface area contributed by atoms with Gasteiger partial charge in [0.1, 0.15) is 19.5 Å². The lowest BCUT2D eigenvalue weighted by molar-refractivity contribution is 0.630. The van der Waals surface area contributed by atoms with Crippen LogP contribution in [0, 0.1) is 5.82 Å². The first-order chi connectivity index (χ1) is 13.2. The summed E-state index contributed by atoms with van der Waals surface area (Å²) < 4.78 is 16.3. The number of benzene rings is 2. The fourth-order valence-electron chi connectivity index (χ4n) is 3.24. The second-order valence-corrected chi connectivity index (χ2v) is 6.25. The van der Waals surface area contributed by atoms with Crippen molar-refractivity contribution in [2.75, 3.05) is 0 Å². The molecule has 4 nitrogen and oxygen atoms in total. The van der Waals surface area contributed by atoms with Crippen molar-refractivity contribution < 1.29 is 4.39 Å². The minimum absolute atomic E-state index is 0.330. The molecule has 5 rings (SSSR count). The van der Waals surface area contributed by atoms with E-state index in [-0.39, 0.29) is 5.82 Å². The number of nitrogens with zero attached hydrogens (tertiary/aromatic N) is 4. The molecule has 0 amide bonds. The average Bonchev–Trinajstić information content (AvgIpc) is 3.12. The molecule has 0 aliphatic rings. The van der Waals surface area contributed by atoms with E-state index in [1.807, 2.05) is 35.0 Å². The van der Waals surface area contributed by atoms with Gasteiger partial charge in [-0.3, -0.25) is 4.98 Å². The first-order valence-corrected chi connectivity index (χ1v) is 8.44. The molecule has 0 aliphatic carbocycles. The number of fused-ring (bicyclic) bond motifs is 2. The Bertz CT molecular complexity index is 1310. The molecule has 0 bridgehead atoms. The van der Waals surface area contributed by atoms with E-state index in [0.717, 1.165) is 16.3 Å². The highest BCUT2D eigenvalue weighted by Gasteiger charge is 2.15. The highest BCUT2D eigenvalue weighted by atomic mass is 19.1. The molecule has 3 heterocycles. The topological polar surface area (TPSA) is 43.6 Å². The molecule has 0 unspecified atom stereocenters. The van der Waals surface area contributed by atoms with Gasteiger partial charge in [0.15, 0.2) is 5.82 Å². The van der Waals surface area contributed by atoms with E-state index in [1.165, 1.54) is 6.07 Å². The predicted molar refractivity (Wildman–Crippen MR) is 105 cm³/mol. The summed E-state index contributed by atoms with van der Waals surface area (Å²) in [5.74, 6) is 0.614. The van der Waals surface area contributed by atoms with Crippen molar-refractivity contribution in [2.45, 2.75) is 0 Å². The molecule has 5 aromatic rings. The number of aromatic nitrogens is 4. The van der Waals surface area contributed by atoms with E-state index >= 15 is 0 Å². The van der Waals surface area contributed by atoms with Gasteiger partial charge in [-0.15, -0.1) is 0 Å². The Kier molecular flexibility index (Phi) is 3.50. The van der Waals surface area contributed by atoms with Crippen LogP contribution in [-0.4, -0.2) is 27.4 Å². The minimum atomic E-state index is -0.361. The van der Waals surface area contributed by atoms with Gasteiger partial charge in [-0.1, -0.05) is 29.7 Å². The largest absolute Gasteiger partial charge is 0.300 e.